The molecule has 4 rings (SSSR count). The number of hydrogen-bond acceptors (Lipinski definition) is 5. The Morgan fingerprint density at radius 2 is 1.84 bits per heavy atom. The lowest BCUT2D eigenvalue weighted by Gasteiger charge is -2.09. The Morgan fingerprint density at radius 3 is 2.68 bits per heavy atom. The molecule has 7 heteroatoms. The van der Waals surface area contributed by atoms with Crippen LogP contribution in [0.2, 0.25) is 0 Å². The van der Waals surface area contributed by atoms with Gasteiger partial charge in [-0.1, -0.05) is 30.3 Å². The third kappa shape index (κ3) is 2.83. The van der Waals surface area contributed by atoms with E-state index >= 15 is 0 Å². The molecule has 2 heterocycles. The number of pyridine rings is 1. The third-order valence-corrected chi connectivity index (χ3v) is 4.35. The van der Waals surface area contributed by atoms with Gasteiger partial charge in [0.25, 0.3) is 5.89 Å². The van der Waals surface area contributed by atoms with Gasteiger partial charge in [-0.15, -0.1) is 10.2 Å². The lowest BCUT2D eigenvalue weighted by Crippen LogP contribution is -2.08. The number of H-pyrrole nitrogens is 1. The molecule has 0 amide bonds. The number of fused-ring (bicyclic) bond motifs is 1. The predicted octanol–water partition coefficient (Wildman–Crippen LogP) is 3.74. The minimum atomic E-state index is -0.611. The van der Waals surface area contributed by atoms with Crippen LogP contribution in [-0.4, -0.2) is 15.2 Å². The molecule has 1 atom stereocenters. The Morgan fingerprint density at radius 1 is 1.08 bits per heavy atom. The summed E-state index contributed by atoms with van der Waals surface area (Å²) >= 11 is 4.54. The number of hydrogen-bond donors (Lipinski definition) is 2. The molecule has 5 nitrogen and oxygen atoms in total. The maximum atomic E-state index is 13.9. The number of para-hydroxylation sites is 1. The Hall–Kier alpha value is -2.93. The van der Waals surface area contributed by atoms with Crippen molar-refractivity contribution in [2.75, 3.05) is 0 Å². The summed E-state index contributed by atoms with van der Waals surface area (Å²) in [6, 6.07) is 15.0. The van der Waals surface area contributed by atoms with Gasteiger partial charge in [0.2, 0.25) is 11.4 Å². The van der Waals surface area contributed by atoms with Gasteiger partial charge in [0.15, 0.2) is 0 Å². The van der Waals surface area contributed by atoms with Gasteiger partial charge in [0.1, 0.15) is 11.1 Å². The van der Waals surface area contributed by atoms with Crippen LogP contribution < -0.4 is 5.56 Å². The van der Waals surface area contributed by atoms with Crippen molar-refractivity contribution in [3.8, 4) is 11.5 Å². The summed E-state index contributed by atoms with van der Waals surface area (Å²) in [5.41, 5.74) is 1.31. The van der Waals surface area contributed by atoms with Crippen molar-refractivity contribution in [1.29, 1.82) is 0 Å². The van der Waals surface area contributed by atoms with E-state index in [-0.39, 0.29) is 22.9 Å². The highest BCUT2D eigenvalue weighted by atomic mass is 32.1. The fraction of sp³-hybridized carbons (Fsp3) is 0.0556. The molecule has 0 saturated heterocycles. The molecule has 0 aliphatic heterocycles. The van der Waals surface area contributed by atoms with Crippen LogP contribution >= 0.6 is 12.6 Å². The minimum absolute atomic E-state index is 0.0706. The Labute approximate surface area is 146 Å². The monoisotopic (exact) mass is 353 g/mol. The second-order valence-corrected chi connectivity index (χ2v) is 5.98. The SMILES string of the molecule is O=c1cc(C(S)c2nnc(-c3ccccc3F)o2)c2ccccc2[nH]1. The van der Waals surface area contributed by atoms with E-state index in [1.165, 1.54) is 12.1 Å². The van der Waals surface area contributed by atoms with Crippen molar-refractivity contribution in [2.45, 2.75) is 5.25 Å². The zero-order valence-electron chi connectivity index (χ0n) is 12.8. The second-order valence-electron chi connectivity index (χ2n) is 5.46. The van der Waals surface area contributed by atoms with Crippen LogP contribution in [0.25, 0.3) is 22.4 Å². The molecule has 0 saturated carbocycles. The number of aromatic amines is 1. The van der Waals surface area contributed by atoms with Gasteiger partial charge in [0.05, 0.1) is 5.56 Å². The zero-order chi connectivity index (χ0) is 17.4. The maximum absolute atomic E-state index is 13.9. The van der Waals surface area contributed by atoms with E-state index < -0.39 is 11.1 Å². The van der Waals surface area contributed by atoms with Crippen molar-refractivity contribution >= 4 is 23.5 Å². The lowest BCUT2D eigenvalue weighted by molar-refractivity contribution is 0.511. The number of nitrogens with one attached hydrogen (secondary N) is 1. The molecule has 2 aromatic heterocycles. The van der Waals surface area contributed by atoms with Crippen molar-refractivity contribution in [1.82, 2.24) is 15.2 Å². The lowest BCUT2D eigenvalue weighted by atomic mass is 10.1. The normalized spacial score (nSPS) is 12.4. The highest BCUT2D eigenvalue weighted by molar-refractivity contribution is 7.80. The van der Waals surface area contributed by atoms with Gasteiger partial charge in [-0.3, -0.25) is 4.79 Å². The quantitative estimate of drug-likeness (QED) is 0.551. The van der Waals surface area contributed by atoms with E-state index in [1.54, 1.807) is 24.3 Å². The van der Waals surface area contributed by atoms with Crippen molar-refractivity contribution in [3.63, 3.8) is 0 Å². The van der Waals surface area contributed by atoms with Gasteiger partial charge in [-0.25, -0.2) is 4.39 Å². The summed E-state index contributed by atoms with van der Waals surface area (Å²) in [5, 5.41) is 8.10. The summed E-state index contributed by atoms with van der Waals surface area (Å²) in [6.45, 7) is 0. The average Bonchev–Trinajstić information content (AvgIpc) is 3.10. The minimum Gasteiger partial charge on any atom is -0.419 e. The number of aromatic nitrogens is 3. The largest absolute Gasteiger partial charge is 0.419 e. The number of halogens is 1. The molecule has 0 bridgehead atoms. The number of nitrogens with zero attached hydrogens (tertiary/aromatic N) is 2. The number of rotatable bonds is 3. The molecule has 2 aromatic carbocycles. The molecule has 0 spiro atoms. The van der Waals surface area contributed by atoms with Gasteiger partial charge >= 0.3 is 0 Å². The first-order valence-corrected chi connectivity index (χ1v) is 8.03. The first-order chi connectivity index (χ1) is 12.1. The predicted molar refractivity (Wildman–Crippen MR) is 95.1 cm³/mol. The molecule has 0 radical (unpaired) electrons. The van der Waals surface area contributed by atoms with Crippen molar-refractivity contribution in [2.24, 2.45) is 0 Å². The molecular formula is C18H12FN3O2S. The Balaban J connectivity index is 1.79. The molecule has 0 aliphatic carbocycles. The first-order valence-electron chi connectivity index (χ1n) is 7.52. The van der Waals surface area contributed by atoms with Crippen LogP contribution in [-0.2, 0) is 0 Å². The van der Waals surface area contributed by atoms with Crippen LogP contribution in [0.15, 0.2) is 63.8 Å². The van der Waals surface area contributed by atoms with Gasteiger partial charge in [-0.2, -0.15) is 12.6 Å². The summed E-state index contributed by atoms with van der Waals surface area (Å²) in [7, 11) is 0. The van der Waals surface area contributed by atoms with E-state index in [1.807, 2.05) is 18.2 Å². The fourth-order valence-corrected chi connectivity index (χ4v) is 3.00. The van der Waals surface area contributed by atoms with E-state index in [0.29, 0.717) is 11.1 Å². The number of benzene rings is 2. The van der Waals surface area contributed by atoms with E-state index in [9.17, 15) is 9.18 Å². The van der Waals surface area contributed by atoms with E-state index in [2.05, 4.69) is 27.8 Å². The topological polar surface area (TPSA) is 71.8 Å². The average molecular weight is 353 g/mol. The molecule has 1 unspecified atom stereocenters. The highest BCUT2D eigenvalue weighted by Crippen LogP contribution is 2.33. The smallest absolute Gasteiger partial charge is 0.250 e. The van der Waals surface area contributed by atoms with Crippen LogP contribution in [0, 0.1) is 5.82 Å². The standard InChI is InChI=1S/C18H12FN3O2S/c19-13-7-3-1-6-11(13)17-21-22-18(24-17)16(25)12-9-15(23)20-14-8-4-2-5-10(12)14/h1-9,16,25H,(H,20,23). The van der Waals surface area contributed by atoms with Gasteiger partial charge < -0.3 is 9.40 Å². The summed E-state index contributed by atoms with van der Waals surface area (Å²) in [6.07, 6.45) is 0. The summed E-state index contributed by atoms with van der Waals surface area (Å²) in [4.78, 5) is 14.7. The number of thiol groups is 1. The third-order valence-electron chi connectivity index (χ3n) is 3.86. The Kier molecular flexibility index (Phi) is 3.85. The van der Waals surface area contributed by atoms with Crippen molar-refractivity contribution in [3.05, 3.63) is 82.2 Å². The van der Waals surface area contributed by atoms with Crippen LogP contribution in [0.3, 0.4) is 0 Å². The van der Waals surface area contributed by atoms with Crippen molar-refractivity contribution < 1.29 is 8.81 Å². The second kappa shape index (κ2) is 6.18. The zero-order valence-corrected chi connectivity index (χ0v) is 13.7. The highest BCUT2D eigenvalue weighted by Gasteiger charge is 2.21. The van der Waals surface area contributed by atoms with E-state index in [0.717, 1.165) is 5.39 Å². The molecule has 0 fully saturated rings. The van der Waals surface area contributed by atoms with E-state index in [4.69, 9.17) is 4.42 Å². The maximum Gasteiger partial charge on any atom is 0.250 e. The summed E-state index contributed by atoms with van der Waals surface area (Å²) < 4.78 is 19.5. The van der Waals surface area contributed by atoms with Gasteiger partial charge in [0, 0.05) is 17.0 Å². The molecule has 4 aromatic rings. The molecule has 25 heavy (non-hydrogen) atoms. The fourth-order valence-electron chi connectivity index (χ4n) is 2.68. The molecule has 1 N–H and O–H groups in total. The van der Waals surface area contributed by atoms with Crippen LogP contribution in [0.1, 0.15) is 16.7 Å². The van der Waals surface area contributed by atoms with Crippen LogP contribution in [0.5, 0.6) is 0 Å². The summed E-state index contributed by atoms with van der Waals surface area (Å²) in [5.74, 6) is -0.186. The molecular weight excluding hydrogens is 341 g/mol. The molecule has 0 aliphatic rings. The first kappa shape index (κ1) is 15.6. The molecule has 124 valence electrons. The van der Waals surface area contributed by atoms with Gasteiger partial charge in [-0.05, 0) is 23.8 Å². The Bertz CT molecular complexity index is 1120. The van der Waals surface area contributed by atoms with Crippen LogP contribution in [0.4, 0.5) is 4.39 Å².